The number of nitrogens with zero attached hydrogens (tertiary/aromatic N) is 3. The summed E-state index contributed by atoms with van der Waals surface area (Å²) in [4.78, 5) is 32.9. The molecule has 6 nitrogen and oxygen atoms in total. The first-order valence-electron chi connectivity index (χ1n) is 8.57. The number of thiazole rings is 1. The number of aromatic nitrogens is 2. The third-order valence-electron chi connectivity index (χ3n) is 4.28. The molecule has 0 radical (unpaired) electrons. The van der Waals surface area contributed by atoms with E-state index in [0.29, 0.717) is 18.7 Å². The maximum Gasteiger partial charge on any atom is 0.251 e. The molecule has 0 fully saturated rings. The van der Waals surface area contributed by atoms with Gasteiger partial charge in [0.05, 0.1) is 17.9 Å². The average molecular weight is 449 g/mol. The van der Waals surface area contributed by atoms with Gasteiger partial charge in [-0.3, -0.25) is 14.0 Å². The van der Waals surface area contributed by atoms with Gasteiger partial charge in [-0.05, 0) is 38.1 Å². The Kier molecular flexibility index (Phi) is 5.96. The van der Waals surface area contributed by atoms with E-state index in [1.165, 1.54) is 4.88 Å². The molecule has 0 spiro atoms. The zero-order valence-corrected chi connectivity index (χ0v) is 17.9. The van der Waals surface area contributed by atoms with Crippen molar-refractivity contribution in [2.75, 3.05) is 13.6 Å². The number of imidazole rings is 1. The molecule has 0 bridgehead atoms. The van der Waals surface area contributed by atoms with Gasteiger partial charge < -0.3 is 10.2 Å². The average Bonchev–Trinajstić information content (AvgIpc) is 3.11. The molecule has 3 rings (SSSR count). The van der Waals surface area contributed by atoms with E-state index in [9.17, 15) is 9.59 Å². The van der Waals surface area contributed by atoms with Gasteiger partial charge in [0.15, 0.2) is 4.96 Å². The summed E-state index contributed by atoms with van der Waals surface area (Å²) in [5, 5.41) is 2.79. The van der Waals surface area contributed by atoms with Gasteiger partial charge in [0.25, 0.3) is 5.91 Å². The van der Waals surface area contributed by atoms with Crippen molar-refractivity contribution in [3.8, 4) is 0 Å². The Morgan fingerprint density at radius 1 is 1.26 bits per heavy atom. The smallest absolute Gasteiger partial charge is 0.251 e. The lowest BCUT2D eigenvalue weighted by Crippen LogP contribution is -2.32. The van der Waals surface area contributed by atoms with Gasteiger partial charge in [-0.2, -0.15) is 0 Å². The van der Waals surface area contributed by atoms with Crippen molar-refractivity contribution in [2.24, 2.45) is 0 Å². The topological polar surface area (TPSA) is 66.7 Å². The normalized spacial score (nSPS) is 11.0. The fourth-order valence-electron chi connectivity index (χ4n) is 2.79. The Bertz CT molecular complexity index is 978. The van der Waals surface area contributed by atoms with Gasteiger partial charge in [0.2, 0.25) is 5.91 Å². The summed E-state index contributed by atoms with van der Waals surface area (Å²) < 4.78 is 2.97. The van der Waals surface area contributed by atoms with E-state index in [4.69, 9.17) is 0 Å². The van der Waals surface area contributed by atoms with Gasteiger partial charge in [-0.25, -0.2) is 4.98 Å². The molecule has 0 saturated heterocycles. The number of fused-ring (bicyclic) bond motifs is 1. The lowest BCUT2D eigenvalue weighted by molar-refractivity contribution is -0.130. The molecule has 1 aromatic carbocycles. The van der Waals surface area contributed by atoms with Crippen molar-refractivity contribution < 1.29 is 9.59 Å². The zero-order chi connectivity index (χ0) is 19.6. The van der Waals surface area contributed by atoms with Crippen LogP contribution in [-0.2, 0) is 11.3 Å². The first-order chi connectivity index (χ1) is 12.8. The number of rotatable bonds is 6. The predicted molar refractivity (Wildman–Crippen MR) is 110 cm³/mol. The molecule has 0 aliphatic heterocycles. The van der Waals surface area contributed by atoms with Crippen molar-refractivity contribution in [1.29, 1.82) is 0 Å². The van der Waals surface area contributed by atoms with Crippen molar-refractivity contribution in [3.63, 3.8) is 0 Å². The Morgan fingerprint density at radius 3 is 2.67 bits per heavy atom. The number of nitrogens with one attached hydrogen (secondary N) is 1. The van der Waals surface area contributed by atoms with Crippen molar-refractivity contribution in [1.82, 2.24) is 19.6 Å². The molecule has 0 saturated carbocycles. The summed E-state index contributed by atoms with van der Waals surface area (Å²) in [6.45, 7) is 4.79. The van der Waals surface area contributed by atoms with Crippen LogP contribution >= 0.6 is 27.3 Å². The van der Waals surface area contributed by atoms with Gasteiger partial charge in [-0.1, -0.05) is 15.9 Å². The Labute approximate surface area is 170 Å². The highest BCUT2D eigenvalue weighted by molar-refractivity contribution is 9.10. The lowest BCUT2D eigenvalue weighted by atomic mass is 10.2. The Balaban J connectivity index is 1.53. The van der Waals surface area contributed by atoms with Crippen LogP contribution in [0.2, 0.25) is 0 Å². The lowest BCUT2D eigenvalue weighted by Gasteiger charge is -2.17. The molecule has 2 heterocycles. The van der Waals surface area contributed by atoms with Crippen molar-refractivity contribution in [2.45, 2.75) is 26.8 Å². The van der Waals surface area contributed by atoms with E-state index in [1.807, 2.05) is 32.2 Å². The monoisotopic (exact) mass is 448 g/mol. The highest BCUT2D eigenvalue weighted by Gasteiger charge is 2.16. The third kappa shape index (κ3) is 4.56. The standard InChI is InChI=1S/C19H21BrN4O2S/c1-12-10-24-16(13(2)22-19(24)27-12)11-23(3)17(25)8-9-21-18(26)14-4-6-15(20)7-5-14/h4-7,10H,8-9,11H2,1-3H3,(H,21,26). The molecule has 27 heavy (non-hydrogen) atoms. The van der Waals surface area contributed by atoms with Crippen LogP contribution in [-0.4, -0.2) is 39.7 Å². The number of amides is 2. The number of hydrogen-bond acceptors (Lipinski definition) is 4. The maximum atomic E-state index is 12.4. The van der Waals surface area contributed by atoms with Gasteiger partial charge in [0, 0.05) is 41.1 Å². The molecule has 8 heteroatoms. The first kappa shape index (κ1) is 19.6. The second-order valence-electron chi connectivity index (χ2n) is 6.40. The largest absolute Gasteiger partial charge is 0.352 e. The minimum atomic E-state index is -0.181. The molecular weight excluding hydrogens is 428 g/mol. The van der Waals surface area contributed by atoms with Crippen LogP contribution in [0.3, 0.4) is 0 Å². The summed E-state index contributed by atoms with van der Waals surface area (Å²) in [6.07, 6.45) is 2.30. The van der Waals surface area contributed by atoms with Crippen LogP contribution in [0.25, 0.3) is 4.96 Å². The number of aryl methyl sites for hydroxylation is 2. The van der Waals surface area contributed by atoms with Crippen LogP contribution in [0.5, 0.6) is 0 Å². The summed E-state index contributed by atoms with van der Waals surface area (Å²) in [6, 6.07) is 7.11. The van der Waals surface area contributed by atoms with Gasteiger partial charge in [-0.15, -0.1) is 11.3 Å². The van der Waals surface area contributed by atoms with Crippen molar-refractivity contribution in [3.05, 3.63) is 56.8 Å². The number of halogens is 1. The minimum absolute atomic E-state index is 0.0209. The minimum Gasteiger partial charge on any atom is -0.352 e. The van der Waals surface area contributed by atoms with Crippen LogP contribution in [0, 0.1) is 13.8 Å². The molecule has 2 aromatic heterocycles. The second kappa shape index (κ2) is 8.22. The molecule has 3 aromatic rings. The summed E-state index contributed by atoms with van der Waals surface area (Å²) in [5.74, 6) is -0.201. The summed E-state index contributed by atoms with van der Waals surface area (Å²) in [7, 11) is 1.77. The summed E-state index contributed by atoms with van der Waals surface area (Å²) >= 11 is 4.98. The molecule has 0 aliphatic carbocycles. The maximum absolute atomic E-state index is 12.4. The highest BCUT2D eigenvalue weighted by atomic mass is 79.9. The molecular formula is C19H21BrN4O2S. The predicted octanol–water partition coefficient (Wildman–Crippen LogP) is 3.55. The molecule has 0 atom stereocenters. The number of carbonyl (C=O) groups is 2. The SMILES string of the molecule is Cc1cn2c(CN(C)C(=O)CCNC(=O)c3ccc(Br)cc3)c(C)nc2s1. The van der Waals surface area contributed by atoms with E-state index in [-0.39, 0.29) is 18.2 Å². The number of hydrogen-bond donors (Lipinski definition) is 1. The van der Waals surface area contributed by atoms with E-state index < -0.39 is 0 Å². The molecule has 0 unspecified atom stereocenters. The molecule has 1 N–H and O–H groups in total. The number of benzene rings is 1. The van der Waals surface area contributed by atoms with Crippen LogP contribution < -0.4 is 5.32 Å². The fraction of sp³-hybridized carbons (Fsp3) is 0.316. The van der Waals surface area contributed by atoms with Crippen molar-refractivity contribution >= 4 is 44.0 Å². The van der Waals surface area contributed by atoms with Crippen LogP contribution in [0.1, 0.15) is 33.0 Å². The molecule has 142 valence electrons. The van der Waals surface area contributed by atoms with Crippen LogP contribution in [0.4, 0.5) is 0 Å². The highest BCUT2D eigenvalue weighted by Crippen LogP contribution is 2.21. The second-order valence-corrected chi connectivity index (χ2v) is 8.53. The third-order valence-corrected chi connectivity index (χ3v) is 5.71. The Hall–Kier alpha value is -2.19. The van der Waals surface area contributed by atoms with E-state index in [2.05, 4.69) is 30.6 Å². The van der Waals surface area contributed by atoms with Crippen LogP contribution in [0.15, 0.2) is 34.9 Å². The van der Waals surface area contributed by atoms with E-state index >= 15 is 0 Å². The zero-order valence-electron chi connectivity index (χ0n) is 15.5. The van der Waals surface area contributed by atoms with Gasteiger partial charge in [0.1, 0.15) is 0 Å². The fourth-order valence-corrected chi connectivity index (χ4v) is 3.94. The summed E-state index contributed by atoms with van der Waals surface area (Å²) in [5.41, 5.74) is 2.53. The Morgan fingerprint density at radius 2 is 1.96 bits per heavy atom. The van der Waals surface area contributed by atoms with Gasteiger partial charge >= 0.3 is 0 Å². The quantitative estimate of drug-likeness (QED) is 0.626. The first-order valence-corrected chi connectivity index (χ1v) is 10.2. The molecule has 0 aliphatic rings. The molecule has 2 amide bonds. The van der Waals surface area contributed by atoms with E-state index in [0.717, 1.165) is 20.8 Å². The van der Waals surface area contributed by atoms with E-state index in [1.54, 1.807) is 35.4 Å². The number of carbonyl (C=O) groups excluding carboxylic acids is 2.